The molecule has 0 saturated carbocycles. The summed E-state index contributed by atoms with van der Waals surface area (Å²) < 4.78 is 2.23. The van der Waals surface area contributed by atoms with Gasteiger partial charge in [0.2, 0.25) is 0 Å². The molecule has 0 amide bonds. The summed E-state index contributed by atoms with van der Waals surface area (Å²) in [5.74, 6) is 0. The third kappa shape index (κ3) is 2.31. The zero-order valence-corrected chi connectivity index (χ0v) is 15.2. The van der Waals surface area contributed by atoms with Crippen LogP contribution in [-0.2, 0) is 13.0 Å². The molecule has 7 heteroatoms. The van der Waals surface area contributed by atoms with Gasteiger partial charge in [-0.15, -0.1) is 22.7 Å². The summed E-state index contributed by atoms with van der Waals surface area (Å²) in [5, 5.41) is 1.87. The number of thiophene rings is 1. The molecule has 0 aliphatic carbocycles. The lowest BCUT2D eigenvalue weighted by Crippen LogP contribution is -2.35. The average molecular weight is 390 g/mol. The molecule has 1 aliphatic heterocycles. The predicted octanol–water partition coefficient (Wildman–Crippen LogP) is 4.20. The first-order chi connectivity index (χ1) is 10.5. The van der Waals surface area contributed by atoms with Crippen LogP contribution in [0.15, 0.2) is 22.7 Å². The van der Waals surface area contributed by atoms with E-state index >= 15 is 0 Å². The van der Waals surface area contributed by atoms with E-state index in [-0.39, 0.29) is 0 Å². The van der Waals surface area contributed by atoms with Crippen molar-refractivity contribution >= 4 is 61.8 Å². The van der Waals surface area contributed by atoms with Crippen molar-refractivity contribution in [2.45, 2.75) is 25.9 Å². The second-order valence-electron chi connectivity index (χ2n) is 5.60. The molecule has 2 aromatic heterocycles. The van der Waals surface area contributed by atoms with Gasteiger partial charge >= 0.3 is 0 Å². The number of benzene rings is 1. The van der Waals surface area contributed by atoms with Crippen LogP contribution in [0.4, 0.5) is 5.00 Å². The van der Waals surface area contributed by atoms with Gasteiger partial charge in [-0.05, 0) is 36.2 Å². The van der Waals surface area contributed by atoms with Crippen molar-refractivity contribution in [2.75, 3.05) is 5.73 Å². The second kappa shape index (κ2) is 5.34. The number of aromatic nitrogens is 1. The van der Waals surface area contributed by atoms with Crippen LogP contribution in [0.25, 0.3) is 20.8 Å². The monoisotopic (exact) mass is 389 g/mol. The molecule has 110 valence electrons. The Balaban J connectivity index is 1.88. The van der Waals surface area contributed by atoms with Crippen molar-refractivity contribution in [1.29, 1.82) is 0 Å². The summed E-state index contributed by atoms with van der Waals surface area (Å²) in [5.41, 5.74) is 9.78. The van der Waals surface area contributed by atoms with Crippen LogP contribution in [0, 0.1) is 0 Å². The van der Waals surface area contributed by atoms with Crippen LogP contribution in [0.3, 0.4) is 0 Å². The average Bonchev–Trinajstić information content (AvgIpc) is 2.99. The van der Waals surface area contributed by atoms with Crippen LogP contribution in [-0.4, -0.2) is 23.8 Å². The SMILES string of the molecule is [B]N1Cc2sc(N)c(-c3nc4cc(Br)ccc4s3)c2C[C@H]1C. The minimum atomic E-state index is 0.323. The van der Waals surface area contributed by atoms with Gasteiger partial charge in [0.15, 0.2) is 7.98 Å². The number of hydrogen-bond acceptors (Lipinski definition) is 5. The number of anilines is 1. The fourth-order valence-electron chi connectivity index (χ4n) is 2.85. The Kier molecular flexibility index (Phi) is 3.56. The Morgan fingerprint density at radius 2 is 2.23 bits per heavy atom. The van der Waals surface area contributed by atoms with Crippen molar-refractivity contribution in [2.24, 2.45) is 0 Å². The quantitative estimate of drug-likeness (QED) is 0.634. The molecule has 0 fully saturated rings. The Morgan fingerprint density at radius 1 is 1.41 bits per heavy atom. The standard InChI is InChI=1S/C15H13BBrN3S2/c1-7-4-9-12(6-20(7)16)21-14(18)13(9)15-19-10-5-8(17)2-3-11(10)22-15/h2-3,5,7H,4,6,18H2,1H3/t7-/m1/s1. The molecule has 4 rings (SSSR count). The summed E-state index contributed by atoms with van der Waals surface area (Å²) in [6.45, 7) is 2.91. The molecule has 0 bridgehead atoms. The van der Waals surface area contributed by atoms with Crippen molar-refractivity contribution in [3.8, 4) is 10.6 Å². The number of nitrogen functional groups attached to an aromatic ring is 1. The molecule has 1 aliphatic rings. The number of fused-ring (bicyclic) bond motifs is 2. The number of halogens is 1. The largest absolute Gasteiger partial charge is 0.390 e. The molecule has 3 aromatic rings. The lowest BCUT2D eigenvalue weighted by molar-refractivity contribution is 0.332. The number of thiazole rings is 1. The molecule has 1 aromatic carbocycles. The van der Waals surface area contributed by atoms with E-state index in [1.807, 2.05) is 10.9 Å². The second-order valence-corrected chi connectivity index (χ2v) is 8.68. The number of nitrogens with zero attached hydrogens (tertiary/aromatic N) is 2. The summed E-state index contributed by atoms with van der Waals surface area (Å²) >= 11 is 6.85. The van der Waals surface area contributed by atoms with E-state index in [0.29, 0.717) is 6.04 Å². The van der Waals surface area contributed by atoms with Gasteiger partial charge in [-0.3, -0.25) is 0 Å². The fourth-order valence-corrected chi connectivity index (χ4v) is 5.41. The van der Waals surface area contributed by atoms with Crippen LogP contribution in [0.5, 0.6) is 0 Å². The van der Waals surface area contributed by atoms with Gasteiger partial charge in [-0.1, -0.05) is 22.9 Å². The lowest BCUT2D eigenvalue weighted by atomic mass is 9.95. The molecule has 0 spiro atoms. The highest BCUT2D eigenvalue weighted by molar-refractivity contribution is 9.10. The zero-order valence-electron chi connectivity index (χ0n) is 12.0. The van der Waals surface area contributed by atoms with Crippen molar-refractivity contribution in [3.05, 3.63) is 33.1 Å². The van der Waals surface area contributed by atoms with Gasteiger partial charge in [-0.25, -0.2) is 4.98 Å². The van der Waals surface area contributed by atoms with E-state index in [0.717, 1.165) is 38.5 Å². The summed E-state index contributed by atoms with van der Waals surface area (Å²) in [7, 11) is 6.05. The first-order valence-electron chi connectivity index (χ1n) is 7.00. The minimum Gasteiger partial charge on any atom is -0.390 e. The number of nitrogens with two attached hydrogens (primary N) is 1. The van der Waals surface area contributed by atoms with E-state index in [1.54, 1.807) is 22.7 Å². The summed E-state index contributed by atoms with van der Waals surface area (Å²) in [6.07, 6.45) is 0.925. The van der Waals surface area contributed by atoms with Gasteiger partial charge in [0, 0.05) is 21.5 Å². The molecule has 3 heterocycles. The van der Waals surface area contributed by atoms with E-state index in [2.05, 4.69) is 35.0 Å². The third-order valence-corrected chi connectivity index (χ3v) is 6.67. The molecule has 22 heavy (non-hydrogen) atoms. The predicted molar refractivity (Wildman–Crippen MR) is 99.5 cm³/mol. The van der Waals surface area contributed by atoms with Crippen molar-refractivity contribution in [1.82, 2.24) is 9.79 Å². The number of rotatable bonds is 1. The Bertz CT molecular complexity index is 873. The molecule has 3 nitrogen and oxygen atoms in total. The smallest absolute Gasteiger partial charge is 0.183 e. The minimum absolute atomic E-state index is 0.323. The topological polar surface area (TPSA) is 42.1 Å². The van der Waals surface area contributed by atoms with E-state index in [9.17, 15) is 0 Å². The van der Waals surface area contributed by atoms with Crippen LogP contribution < -0.4 is 5.73 Å². The van der Waals surface area contributed by atoms with E-state index in [1.165, 1.54) is 15.1 Å². The van der Waals surface area contributed by atoms with Gasteiger partial charge in [0.05, 0.1) is 15.2 Å². The zero-order chi connectivity index (χ0) is 15.4. The maximum atomic E-state index is 6.31. The number of hydrogen-bond donors (Lipinski definition) is 1. The van der Waals surface area contributed by atoms with Crippen LogP contribution in [0.1, 0.15) is 17.4 Å². The molecule has 0 saturated heterocycles. The van der Waals surface area contributed by atoms with Gasteiger partial charge in [0.25, 0.3) is 0 Å². The Morgan fingerprint density at radius 3 is 3.05 bits per heavy atom. The third-order valence-electron chi connectivity index (χ3n) is 4.07. The molecule has 0 unspecified atom stereocenters. The molecule has 2 radical (unpaired) electrons. The summed E-state index contributed by atoms with van der Waals surface area (Å²) in [6, 6.07) is 6.52. The van der Waals surface area contributed by atoms with Crippen molar-refractivity contribution in [3.63, 3.8) is 0 Å². The fraction of sp³-hybridized carbons (Fsp3) is 0.267. The Labute approximate surface area is 146 Å². The van der Waals surface area contributed by atoms with Crippen molar-refractivity contribution < 1.29 is 0 Å². The molecular weight excluding hydrogens is 377 g/mol. The van der Waals surface area contributed by atoms with Gasteiger partial charge in [0.1, 0.15) is 5.01 Å². The normalized spacial score (nSPS) is 18.7. The van der Waals surface area contributed by atoms with E-state index in [4.69, 9.17) is 18.7 Å². The lowest BCUT2D eigenvalue weighted by Gasteiger charge is -2.30. The first kappa shape index (κ1) is 14.7. The van der Waals surface area contributed by atoms with E-state index < -0.39 is 0 Å². The van der Waals surface area contributed by atoms with Gasteiger partial charge < -0.3 is 10.5 Å². The van der Waals surface area contributed by atoms with Crippen LogP contribution >= 0.6 is 38.6 Å². The molecular formula is C15H13BBrN3S2. The first-order valence-corrected chi connectivity index (χ1v) is 9.43. The highest BCUT2D eigenvalue weighted by Crippen LogP contribution is 2.44. The highest BCUT2D eigenvalue weighted by Gasteiger charge is 2.27. The highest BCUT2D eigenvalue weighted by atomic mass is 79.9. The van der Waals surface area contributed by atoms with Gasteiger partial charge in [-0.2, -0.15) is 0 Å². The maximum Gasteiger partial charge on any atom is 0.183 e. The molecule has 1 atom stereocenters. The van der Waals surface area contributed by atoms with Crippen LogP contribution in [0.2, 0.25) is 0 Å². The Hall–Kier alpha value is -0.885. The summed E-state index contributed by atoms with van der Waals surface area (Å²) in [4.78, 5) is 7.96. The molecule has 2 N–H and O–H groups in total. The maximum absolute atomic E-state index is 6.31.